The predicted molar refractivity (Wildman–Crippen MR) is 82.9 cm³/mol. The Morgan fingerprint density at radius 1 is 1.24 bits per heavy atom. The van der Waals surface area contributed by atoms with Crippen LogP contribution in [0.3, 0.4) is 0 Å². The molecule has 0 saturated carbocycles. The van der Waals surface area contributed by atoms with Crippen molar-refractivity contribution in [2.24, 2.45) is 0 Å². The van der Waals surface area contributed by atoms with Crippen molar-refractivity contribution in [3.63, 3.8) is 0 Å². The molecule has 1 aromatic carbocycles. The minimum Gasteiger partial charge on any atom is -0.467 e. The first kappa shape index (κ1) is 17.4. The number of nitrogens with one attached hydrogen (secondary N) is 1. The van der Waals surface area contributed by atoms with Gasteiger partial charge in [-0.15, -0.1) is 11.8 Å². The average molecular weight is 311 g/mol. The molecule has 0 aromatic heterocycles. The highest BCUT2D eigenvalue weighted by atomic mass is 32.2. The van der Waals surface area contributed by atoms with Gasteiger partial charge in [-0.1, -0.05) is 30.3 Å². The lowest BCUT2D eigenvalue weighted by molar-refractivity contribution is -0.140. The van der Waals surface area contributed by atoms with Crippen LogP contribution in [-0.2, 0) is 20.0 Å². The second-order valence-corrected chi connectivity index (χ2v) is 6.44. The molecule has 5 nitrogen and oxygen atoms in total. The molecule has 1 aromatic rings. The number of ether oxygens (including phenoxy) is 2. The van der Waals surface area contributed by atoms with Gasteiger partial charge in [0.15, 0.2) is 5.37 Å². The Kier molecular flexibility index (Phi) is 6.55. The first-order valence-corrected chi connectivity index (χ1v) is 7.59. The van der Waals surface area contributed by atoms with Gasteiger partial charge in [-0.05, 0) is 26.3 Å². The zero-order valence-corrected chi connectivity index (χ0v) is 13.5. The molecule has 0 radical (unpaired) electrons. The molecule has 1 amide bonds. The van der Waals surface area contributed by atoms with Gasteiger partial charge in [0.25, 0.3) is 0 Å². The summed E-state index contributed by atoms with van der Waals surface area (Å²) in [7, 11) is 1.29. The van der Waals surface area contributed by atoms with Gasteiger partial charge in [-0.25, -0.2) is 9.59 Å². The van der Waals surface area contributed by atoms with E-state index in [4.69, 9.17) is 9.47 Å². The fraction of sp³-hybridized carbons (Fsp3) is 0.467. The van der Waals surface area contributed by atoms with Crippen LogP contribution in [0.15, 0.2) is 30.3 Å². The standard InChI is InChI=1S/C15H21NO4S/c1-15(2,3)20-14(18)16-12(13(17)19-4)21-10-11-8-6-5-7-9-11/h5-9,12H,10H2,1-4H3,(H,16,18). The van der Waals surface area contributed by atoms with Crippen molar-refractivity contribution >= 4 is 23.8 Å². The number of methoxy groups -OCH3 is 1. The van der Waals surface area contributed by atoms with E-state index in [1.165, 1.54) is 18.9 Å². The molecule has 0 aliphatic carbocycles. The third-order valence-electron chi connectivity index (χ3n) is 2.32. The van der Waals surface area contributed by atoms with E-state index < -0.39 is 23.0 Å². The Morgan fingerprint density at radius 2 is 1.86 bits per heavy atom. The van der Waals surface area contributed by atoms with Gasteiger partial charge >= 0.3 is 12.1 Å². The molecule has 0 aliphatic heterocycles. The summed E-state index contributed by atoms with van der Waals surface area (Å²) in [6, 6.07) is 9.67. The van der Waals surface area contributed by atoms with E-state index in [2.05, 4.69) is 5.32 Å². The van der Waals surface area contributed by atoms with Crippen LogP contribution in [0.2, 0.25) is 0 Å². The van der Waals surface area contributed by atoms with Crippen LogP contribution in [0.4, 0.5) is 4.79 Å². The maximum absolute atomic E-state index is 11.7. The van der Waals surface area contributed by atoms with Crippen LogP contribution >= 0.6 is 11.8 Å². The van der Waals surface area contributed by atoms with Crippen LogP contribution in [0.25, 0.3) is 0 Å². The van der Waals surface area contributed by atoms with Crippen molar-refractivity contribution in [3.8, 4) is 0 Å². The second-order valence-electron chi connectivity index (χ2n) is 5.35. The molecule has 1 unspecified atom stereocenters. The Labute approximate surface area is 129 Å². The Balaban J connectivity index is 2.60. The monoisotopic (exact) mass is 311 g/mol. The molecule has 1 atom stereocenters. The van der Waals surface area contributed by atoms with Gasteiger partial charge in [0.2, 0.25) is 0 Å². The molecular weight excluding hydrogens is 290 g/mol. The van der Waals surface area contributed by atoms with Gasteiger partial charge < -0.3 is 9.47 Å². The third kappa shape index (κ3) is 7.04. The summed E-state index contributed by atoms with van der Waals surface area (Å²) in [5, 5.41) is 1.72. The van der Waals surface area contributed by atoms with E-state index in [0.29, 0.717) is 5.75 Å². The number of alkyl carbamates (subject to hydrolysis) is 1. The van der Waals surface area contributed by atoms with E-state index in [-0.39, 0.29) is 0 Å². The second kappa shape index (κ2) is 7.93. The Bertz CT molecular complexity index is 470. The molecule has 0 heterocycles. The van der Waals surface area contributed by atoms with Crippen molar-refractivity contribution in [1.82, 2.24) is 5.32 Å². The predicted octanol–water partition coefficient (Wildman–Crippen LogP) is 2.94. The van der Waals surface area contributed by atoms with E-state index in [9.17, 15) is 9.59 Å². The van der Waals surface area contributed by atoms with E-state index in [1.54, 1.807) is 20.8 Å². The SMILES string of the molecule is COC(=O)C(NC(=O)OC(C)(C)C)SCc1ccccc1. The van der Waals surface area contributed by atoms with Gasteiger partial charge in [0.1, 0.15) is 5.60 Å². The molecule has 116 valence electrons. The highest BCUT2D eigenvalue weighted by Gasteiger charge is 2.25. The lowest BCUT2D eigenvalue weighted by Crippen LogP contribution is -2.42. The number of rotatable bonds is 5. The first-order chi connectivity index (χ1) is 9.81. The van der Waals surface area contributed by atoms with Crippen molar-refractivity contribution in [2.75, 3.05) is 7.11 Å². The Hall–Kier alpha value is -1.69. The minimum absolute atomic E-state index is 0.512. The molecule has 1 rings (SSSR count). The van der Waals surface area contributed by atoms with Crippen molar-refractivity contribution < 1.29 is 19.1 Å². The maximum Gasteiger partial charge on any atom is 0.409 e. The molecule has 0 bridgehead atoms. The average Bonchev–Trinajstić information content (AvgIpc) is 2.41. The van der Waals surface area contributed by atoms with E-state index in [0.717, 1.165) is 5.56 Å². The maximum atomic E-state index is 11.7. The minimum atomic E-state index is -0.801. The number of benzene rings is 1. The number of thioether (sulfide) groups is 1. The molecule has 0 aliphatic rings. The largest absolute Gasteiger partial charge is 0.467 e. The third-order valence-corrected chi connectivity index (χ3v) is 3.47. The molecule has 0 saturated heterocycles. The van der Waals surface area contributed by atoms with Gasteiger partial charge in [-0.3, -0.25) is 5.32 Å². The molecule has 1 N–H and O–H groups in total. The first-order valence-electron chi connectivity index (χ1n) is 6.54. The summed E-state index contributed by atoms with van der Waals surface area (Å²) in [5.74, 6) is 0.0675. The summed E-state index contributed by atoms with van der Waals surface area (Å²) in [6.07, 6.45) is -0.640. The fourth-order valence-corrected chi connectivity index (χ4v) is 2.41. The van der Waals surface area contributed by atoms with Crippen molar-refractivity contribution in [3.05, 3.63) is 35.9 Å². The van der Waals surface area contributed by atoms with Crippen LogP contribution in [-0.4, -0.2) is 30.1 Å². The zero-order valence-electron chi connectivity index (χ0n) is 12.7. The summed E-state index contributed by atoms with van der Waals surface area (Å²) in [6.45, 7) is 5.28. The van der Waals surface area contributed by atoms with Gasteiger partial charge in [0.05, 0.1) is 7.11 Å². The van der Waals surface area contributed by atoms with Crippen molar-refractivity contribution in [1.29, 1.82) is 0 Å². The van der Waals surface area contributed by atoms with E-state index in [1.807, 2.05) is 30.3 Å². The van der Waals surface area contributed by atoms with E-state index >= 15 is 0 Å². The topological polar surface area (TPSA) is 64.6 Å². The van der Waals surface area contributed by atoms with Gasteiger partial charge in [0, 0.05) is 5.75 Å². The molecule has 0 spiro atoms. The number of hydrogen-bond donors (Lipinski definition) is 1. The number of carbonyl (C=O) groups excluding carboxylic acids is 2. The smallest absolute Gasteiger partial charge is 0.409 e. The zero-order chi connectivity index (χ0) is 15.9. The van der Waals surface area contributed by atoms with Crippen LogP contribution in [0.1, 0.15) is 26.3 Å². The fourth-order valence-electron chi connectivity index (χ4n) is 1.44. The quantitative estimate of drug-likeness (QED) is 0.669. The summed E-state index contributed by atoms with van der Waals surface area (Å²) in [4.78, 5) is 23.5. The highest BCUT2D eigenvalue weighted by molar-refractivity contribution is 7.99. The molecule has 0 fully saturated rings. The number of carbonyl (C=O) groups is 2. The molecule has 21 heavy (non-hydrogen) atoms. The van der Waals surface area contributed by atoms with Crippen LogP contribution in [0, 0.1) is 0 Å². The highest BCUT2D eigenvalue weighted by Crippen LogP contribution is 2.18. The Morgan fingerprint density at radius 3 is 2.38 bits per heavy atom. The summed E-state index contributed by atoms with van der Waals surface area (Å²) < 4.78 is 9.85. The van der Waals surface area contributed by atoms with Gasteiger partial charge in [-0.2, -0.15) is 0 Å². The summed E-state index contributed by atoms with van der Waals surface area (Å²) >= 11 is 1.28. The number of amides is 1. The van der Waals surface area contributed by atoms with Crippen LogP contribution < -0.4 is 5.32 Å². The van der Waals surface area contributed by atoms with Crippen molar-refractivity contribution in [2.45, 2.75) is 37.5 Å². The summed E-state index contributed by atoms with van der Waals surface area (Å²) in [5.41, 5.74) is 0.442. The lowest BCUT2D eigenvalue weighted by Gasteiger charge is -2.22. The number of hydrogen-bond acceptors (Lipinski definition) is 5. The van der Waals surface area contributed by atoms with Crippen LogP contribution in [0.5, 0.6) is 0 Å². The lowest BCUT2D eigenvalue weighted by atomic mass is 10.2. The number of esters is 1. The molecule has 6 heteroatoms. The normalized spacial score (nSPS) is 12.4. The molecular formula is C15H21NO4S.